The van der Waals surface area contributed by atoms with E-state index in [-0.39, 0.29) is 0 Å². The van der Waals surface area contributed by atoms with Crippen molar-refractivity contribution >= 4 is 6.21 Å². The molecule has 1 aliphatic heterocycles. The summed E-state index contributed by atoms with van der Waals surface area (Å²) in [6, 6.07) is 0. The number of hydrogen-bond donors (Lipinski definition) is 0. The lowest BCUT2D eigenvalue weighted by atomic mass is 9.92. The predicted molar refractivity (Wildman–Crippen MR) is 53.9 cm³/mol. The van der Waals surface area contributed by atoms with E-state index in [1.165, 1.54) is 13.0 Å². The van der Waals surface area contributed by atoms with Gasteiger partial charge in [0.05, 0.1) is 0 Å². The zero-order valence-corrected chi connectivity index (χ0v) is 9.09. The molecular weight excluding hydrogens is 146 g/mol. The van der Waals surface area contributed by atoms with Gasteiger partial charge in [0.25, 0.3) is 0 Å². The third-order valence-corrected chi connectivity index (χ3v) is 2.58. The van der Waals surface area contributed by atoms with E-state index in [2.05, 4.69) is 45.4 Å². The van der Waals surface area contributed by atoms with Crippen LogP contribution in [0.4, 0.5) is 0 Å². The van der Waals surface area contributed by atoms with Crippen molar-refractivity contribution in [3.05, 3.63) is 0 Å². The van der Waals surface area contributed by atoms with Crippen LogP contribution in [0.1, 0.15) is 41.0 Å². The molecule has 0 bridgehead atoms. The topological polar surface area (TPSA) is 3.01 Å². The van der Waals surface area contributed by atoms with Crippen LogP contribution in [0.3, 0.4) is 0 Å². The average Bonchev–Trinajstić information content (AvgIpc) is 1.82. The fourth-order valence-corrected chi connectivity index (χ4v) is 1.97. The molecule has 0 aliphatic carbocycles. The highest BCUT2D eigenvalue weighted by Gasteiger charge is 2.30. The van der Waals surface area contributed by atoms with Crippen LogP contribution in [0, 0.1) is 11.8 Å². The Morgan fingerprint density at radius 1 is 1.25 bits per heavy atom. The molecule has 0 fully saturated rings. The maximum absolute atomic E-state index is 2.49. The van der Waals surface area contributed by atoms with Gasteiger partial charge in [0.1, 0.15) is 12.8 Å². The summed E-state index contributed by atoms with van der Waals surface area (Å²) in [5, 5.41) is 0. The summed E-state index contributed by atoms with van der Waals surface area (Å²) in [5.41, 5.74) is 0.308. The molecule has 0 radical (unpaired) electrons. The Morgan fingerprint density at radius 3 is 2.25 bits per heavy atom. The Hall–Kier alpha value is -0.330. The van der Waals surface area contributed by atoms with E-state index in [4.69, 9.17) is 0 Å². The van der Waals surface area contributed by atoms with Crippen molar-refractivity contribution < 1.29 is 4.58 Å². The molecule has 0 saturated carbocycles. The van der Waals surface area contributed by atoms with Crippen LogP contribution in [0.2, 0.25) is 0 Å². The largest absolute Gasteiger partial charge is 0.235 e. The predicted octanol–water partition coefficient (Wildman–Crippen LogP) is 2.54. The molecule has 0 unspecified atom stereocenters. The van der Waals surface area contributed by atoms with Gasteiger partial charge in [-0.3, -0.25) is 0 Å². The van der Waals surface area contributed by atoms with Crippen LogP contribution in [0.5, 0.6) is 0 Å². The molecule has 0 aromatic carbocycles. The smallest absolute Gasteiger partial charge is 0.153 e. The summed E-state index contributed by atoms with van der Waals surface area (Å²) in [6.07, 6.45) is 3.76. The molecular formula is C11H22N+. The summed E-state index contributed by atoms with van der Waals surface area (Å²) < 4.78 is 2.49. The summed E-state index contributed by atoms with van der Waals surface area (Å²) in [5.74, 6) is 1.61. The Balaban J connectivity index is 2.77. The number of hydrogen-bond acceptors (Lipinski definition) is 0. The van der Waals surface area contributed by atoms with Crippen LogP contribution in [0.25, 0.3) is 0 Å². The van der Waals surface area contributed by atoms with Gasteiger partial charge in [-0.2, -0.15) is 0 Å². The first-order valence-corrected chi connectivity index (χ1v) is 5.01. The highest BCUT2D eigenvalue weighted by Crippen LogP contribution is 2.19. The molecule has 70 valence electrons. The van der Waals surface area contributed by atoms with Gasteiger partial charge in [0.15, 0.2) is 5.54 Å². The van der Waals surface area contributed by atoms with Crippen molar-refractivity contribution in [1.82, 2.24) is 0 Å². The fraction of sp³-hybridized carbons (Fsp3) is 0.909. The van der Waals surface area contributed by atoms with Crippen molar-refractivity contribution in [3.8, 4) is 0 Å². The molecule has 1 aliphatic rings. The molecule has 0 aromatic heterocycles. The Bertz CT molecular complexity index is 186. The summed E-state index contributed by atoms with van der Waals surface area (Å²) in [6.45, 7) is 12.8. The second-order valence-corrected chi connectivity index (χ2v) is 5.29. The zero-order valence-electron chi connectivity index (χ0n) is 9.09. The fourth-order valence-electron chi connectivity index (χ4n) is 1.97. The van der Waals surface area contributed by atoms with E-state index >= 15 is 0 Å². The van der Waals surface area contributed by atoms with E-state index in [0.717, 1.165) is 11.8 Å². The van der Waals surface area contributed by atoms with E-state index < -0.39 is 0 Å². The lowest BCUT2D eigenvalue weighted by Gasteiger charge is -2.26. The molecule has 0 saturated heterocycles. The van der Waals surface area contributed by atoms with Crippen LogP contribution < -0.4 is 0 Å². The Morgan fingerprint density at radius 2 is 1.83 bits per heavy atom. The van der Waals surface area contributed by atoms with Gasteiger partial charge in [-0.15, -0.1) is 0 Å². The van der Waals surface area contributed by atoms with Gasteiger partial charge < -0.3 is 0 Å². The standard InChI is InChI=1S/C11H22N/c1-9-6-10(2)8-12(7-9)11(3,4)5/h7,9-10H,6,8H2,1-5H3/q+1/t9-,10-/m1/s1. The highest BCUT2D eigenvalue weighted by atomic mass is 15.1. The summed E-state index contributed by atoms with van der Waals surface area (Å²) in [7, 11) is 0. The molecule has 0 amide bonds. The minimum atomic E-state index is 0.308. The third-order valence-electron chi connectivity index (χ3n) is 2.58. The summed E-state index contributed by atoms with van der Waals surface area (Å²) in [4.78, 5) is 0. The Kier molecular flexibility index (Phi) is 2.60. The van der Waals surface area contributed by atoms with Gasteiger partial charge in [-0.05, 0) is 27.2 Å². The van der Waals surface area contributed by atoms with Crippen LogP contribution in [-0.2, 0) is 0 Å². The van der Waals surface area contributed by atoms with Crippen molar-refractivity contribution in [2.75, 3.05) is 6.54 Å². The Labute approximate surface area is 76.5 Å². The van der Waals surface area contributed by atoms with Crippen LogP contribution in [-0.4, -0.2) is 22.9 Å². The second kappa shape index (κ2) is 3.20. The molecule has 1 rings (SSSR count). The quantitative estimate of drug-likeness (QED) is 0.489. The van der Waals surface area contributed by atoms with Crippen LogP contribution >= 0.6 is 0 Å². The van der Waals surface area contributed by atoms with Crippen molar-refractivity contribution in [3.63, 3.8) is 0 Å². The monoisotopic (exact) mass is 168 g/mol. The van der Waals surface area contributed by atoms with Crippen molar-refractivity contribution in [2.24, 2.45) is 11.8 Å². The van der Waals surface area contributed by atoms with Gasteiger partial charge in [0.2, 0.25) is 0 Å². The minimum Gasteiger partial charge on any atom is -0.235 e. The highest BCUT2D eigenvalue weighted by molar-refractivity contribution is 5.55. The van der Waals surface area contributed by atoms with Crippen molar-refractivity contribution in [2.45, 2.75) is 46.6 Å². The number of nitrogens with zero attached hydrogens (tertiary/aromatic N) is 1. The molecule has 0 aromatic rings. The minimum absolute atomic E-state index is 0.308. The first-order chi connectivity index (χ1) is 5.39. The first kappa shape index (κ1) is 9.76. The zero-order chi connectivity index (χ0) is 9.35. The molecule has 12 heavy (non-hydrogen) atoms. The normalized spacial score (nSPS) is 31.6. The van der Waals surface area contributed by atoms with Crippen molar-refractivity contribution in [1.29, 1.82) is 0 Å². The molecule has 1 nitrogen and oxygen atoms in total. The van der Waals surface area contributed by atoms with Crippen LogP contribution in [0.15, 0.2) is 0 Å². The average molecular weight is 168 g/mol. The molecule has 2 atom stereocenters. The number of rotatable bonds is 0. The maximum atomic E-state index is 2.49. The maximum Gasteiger partial charge on any atom is 0.153 e. The van der Waals surface area contributed by atoms with E-state index in [1.54, 1.807) is 0 Å². The molecule has 0 spiro atoms. The third kappa shape index (κ3) is 2.33. The van der Waals surface area contributed by atoms with Gasteiger partial charge >= 0.3 is 0 Å². The molecule has 1 heterocycles. The summed E-state index contributed by atoms with van der Waals surface area (Å²) >= 11 is 0. The lowest BCUT2D eigenvalue weighted by molar-refractivity contribution is -0.604. The van der Waals surface area contributed by atoms with Gasteiger partial charge in [0, 0.05) is 11.8 Å². The molecule has 0 N–H and O–H groups in total. The molecule has 1 heteroatoms. The van der Waals surface area contributed by atoms with E-state index in [0.29, 0.717) is 5.54 Å². The first-order valence-electron chi connectivity index (χ1n) is 5.01. The van der Waals surface area contributed by atoms with E-state index in [1.807, 2.05) is 0 Å². The second-order valence-electron chi connectivity index (χ2n) is 5.29. The van der Waals surface area contributed by atoms with E-state index in [9.17, 15) is 0 Å². The van der Waals surface area contributed by atoms with Gasteiger partial charge in [-0.25, -0.2) is 4.58 Å². The lowest BCUT2D eigenvalue weighted by Crippen LogP contribution is -2.41. The SMILES string of the molecule is C[C@@H]1C[C@@H](C)C=[N+](C(C)(C)C)C1. The van der Waals surface area contributed by atoms with Gasteiger partial charge in [-0.1, -0.05) is 13.8 Å².